The van der Waals surface area contributed by atoms with Crippen LogP contribution in [0, 0.1) is 0 Å². The van der Waals surface area contributed by atoms with Crippen molar-refractivity contribution in [3.05, 3.63) is 24.0 Å². The van der Waals surface area contributed by atoms with Crippen LogP contribution in [0.1, 0.15) is 39.3 Å². The predicted octanol–water partition coefficient (Wildman–Crippen LogP) is 1.90. The highest BCUT2D eigenvalue weighted by molar-refractivity contribution is 5.76. The Kier molecular flexibility index (Phi) is 6.50. The zero-order valence-corrected chi connectivity index (χ0v) is 11.7. The average molecular weight is 251 g/mol. The molecule has 1 rings (SSSR count). The summed E-state index contributed by atoms with van der Waals surface area (Å²) in [6.07, 6.45) is 3.93. The van der Waals surface area contributed by atoms with Gasteiger partial charge in [0, 0.05) is 24.5 Å². The highest BCUT2D eigenvalue weighted by atomic mass is 16.2. The van der Waals surface area contributed by atoms with Gasteiger partial charge in [-0.25, -0.2) is 0 Å². The molecule has 0 fully saturated rings. The molecule has 0 saturated heterocycles. The van der Waals surface area contributed by atoms with Crippen LogP contribution in [0.15, 0.2) is 18.3 Å². The molecular formula is C14H25N3O. The zero-order chi connectivity index (χ0) is 13.4. The summed E-state index contributed by atoms with van der Waals surface area (Å²) in [5.41, 5.74) is 1.15. The van der Waals surface area contributed by atoms with Crippen LogP contribution in [0.4, 0.5) is 0 Å². The standard InChI is InChI=1S/C14H25N3O/c1-4-12(5-2)16-14(18)11-17-9-7-8-13(17)10-15-6-3/h7-9,12,15H,4-6,10-11H2,1-3H3,(H,16,18). The Labute approximate surface area is 110 Å². The lowest BCUT2D eigenvalue weighted by Crippen LogP contribution is -2.36. The third-order valence-electron chi connectivity index (χ3n) is 3.14. The minimum atomic E-state index is 0.0950. The molecule has 0 spiro atoms. The van der Waals surface area contributed by atoms with E-state index < -0.39 is 0 Å². The van der Waals surface area contributed by atoms with Crippen LogP contribution in [0.3, 0.4) is 0 Å². The summed E-state index contributed by atoms with van der Waals surface area (Å²) in [7, 11) is 0. The van der Waals surface area contributed by atoms with E-state index >= 15 is 0 Å². The van der Waals surface area contributed by atoms with Crippen LogP contribution in [-0.4, -0.2) is 23.1 Å². The van der Waals surface area contributed by atoms with Gasteiger partial charge < -0.3 is 15.2 Å². The van der Waals surface area contributed by atoms with E-state index in [0.717, 1.165) is 31.6 Å². The second kappa shape index (κ2) is 7.93. The second-order valence-corrected chi connectivity index (χ2v) is 4.49. The highest BCUT2D eigenvalue weighted by Crippen LogP contribution is 2.03. The van der Waals surface area contributed by atoms with Gasteiger partial charge in [-0.2, -0.15) is 0 Å². The first kappa shape index (κ1) is 14.8. The molecule has 1 aromatic rings. The van der Waals surface area contributed by atoms with E-state index in [-0.39, 0.29) is 5.91 Å². The average Bonchev–Trinajstić information content (AvgIpc) is 2.80. The quantitative estimate of drug-likeness (QED) is 0.741. The van der Waals surface area contributed by atoms with Crippen molar-refractivity contribution in [1.82, 2.24) is 15.2 Å². The summed E-state index contributed by atoms with van der Waals surface area (Å²) in [6.45, 7) is 8.42. The predicted molar refractivity (Wildman–Crippen MR) is 74.3 cm³/mol. The fraction of sp³-hybridized carbons (Fsp3) is 0.643. The topological polar surface area (TPSA) is 46.1 Å². The van der Waals surface area contributed by atoms with Gasteiger partial charge in [0.15, 0.2) is 0 Å². The number of aromatic nitrogens is 1. The van der Waals surface area contributed by atoms with Crippen molar-refractivity contribution < 1.29 is 4.79 Å². The molecule has 1 amide bonds. The van der Waals surface area contributed by atoms with E-state index in [4.69, 9.17) is 0 Å². The van der Waals surface area contributed by atoms with Crippen LogP contribution in [0.25, 0.3) is 0 Å². The van der Waals surface area contributed by atoms with E-state index in [0.29, 0.717) is 12.6 Å². The number of hydrogen-bond donors (Lipinski definition) is 2. The van der Waals surface area contributed by atoms with Crippen molar-refractivity contribution in [2.45, 2.75) is 52.7 Å². The molecule has 0 aliphatic heterocycles. The minimum absolute atomic E-state index is 0.0950. The van der Waals surface area contributed by atoms with E-state index in [1.807, 2.05) is 22.9 Å². The normalized spacial score (nSPS) is 10.9. The molecule has 0 aliphatic carbocycles. The molecule has 0 aromatic carbocycles. The van der Waals surface area contributed by atoms with Crippen molar-refractivity contribution in [3.8, 4) is 0 Å². The van der Waals surface area contributed by atoms with Crippen molar-refractivity contribution in [2.75, 3.05) is 6.54 Å². The molecule has 0 saturated carbocycles. The number of nitrogens with zero attached hydrogens (tertiary/aromatic N) is 1. The molecule has 2 N–H and O–H groups in total. The van der Waals surface area contributed by atoms with Gasteiger partial charge in [-0.15, -0.1) is 0 Å². The molecule has 18 heavy (non-hydrogen) atoms. The van der Waals surface area contributed by atoms with E-state index in [2.05, 4.69) is 31.4 Å². The maximum atomic E-state index is 11.9. The van der Waals surface area contributed by atoms with Crippen LogP contribution >= 0.6 is 0 Å². The second-order valence-electron chi connectivity index (χ2n) is 4.49. The summed E-state index contributed by atoms with van der Waals surface area (Å²) in [5, 5.41) is 6.33. The van der Waals surface area contributed by atoms with E-state index in [1.54, 1.807) is 0 Å². The Hall–Kier alpha value is -1.29. The fourth-order valence-electron chi connectivity index (χ4n) is 1.94. The maximum absolute atomic E-state index is 11.9. The number of carbonyl (C=O) groups excluding carboxylic acids is 1. The molecule has 1 aromatic heterocycles. The van der Waals surface area contributed by atoms with Gasteiger partial charge in [0.1, 0.15) is 6.54 Å². The van der Waals surface area contributed by atoms with Crippen molar-refractivity contribution in [3.63, 3.8) is 0 Å². The van der Waals surface area contributed by atoms with Crippen LogP contribution in [0.5, 0.6) is 0 Å². The fourth-order valence-corrected chi connectivity index (χ4v) is 1.94. The molecule has 0 bridgehead atoms. The Bertz CT molecular complexity index is 356. The van der Waals surface area contributed by atoms with E-state index in [9.17, 15) is 4.79 Å². The van der Waals surface area contributed by atoms with Gasteiger partial charge in [-0.1, -0.05) is 20.8 Å². The van der Waals surface area contributed by atoms with Gasteiger partial charge in [0.2, 0.25) is 5.91 Å². The van der Waals surface area contributed by atoms with Gasteiger partial charge in [-0.3, -0.25) is 4.79 Å². The first-order chi connectivity index (χ1) is 8.71. The molecular weight excluding hydrogens is 226 g/mol. The van der Waals surface area contributed by atoms with Gasteiger partial charge in [-0.05, 0) is 31.5 Å². The van der Waals surface area contributed by atoms with Gasteiger partial charge >= 0.3 is 0 Å². The molecule has 0 unspecified atom stereocenters. The highest BCUT2D eigenvalue weighted by Gasteiger charge is 2.10. The lowest BCUT2D eigenvalue weighted by molar-refractivity contribution is -0.122. The summed E-state index contributed by atoms with van der Waals surface area (Å²) >= 11 is 0. The van der Waals surface area contributed by atoms with Crippen LogP contribution < -0.4 is 10.6 Å². The molecule has 0 radical (unpaired) electrons. The molecule has 4 nitrogen and oxygen atoms in total. The van der Waals surface area contributed by atoms with Crippen molar-refractivity contribution in [1.29, 1.82) is 0 Å². The maximum Gasteiger partial charge on any atom is 0.240 e. The number of amides is 1. The summed E-state index contributed by atoms with van der Waals surface area (Å²) in [5.74, 6) is 0.0950. The van der Waals surface area contributed by atoms with Crippen molar-refractivity contribution in [2.24, 2.45) is 0 Å². The zero-order valence-electron chi connectivity index (χ0n) is 11.7. The number of hydrogen-bond acceptors (Lipinski definition) is 2. The van der Waals surface area contributed by atoms with Gasteiger partial charge in [0.05, 0.1) is 0 Å². The Morgan fingerprint density at radius 2 is 2.06 bits per heavy atom. The van der Waals surface area contributed by atoms with E-state index in [1.165, 1.54) is 0 Å². The molecule has 0 aliphatic rings. The third kappa shape index (κ3) is 4.53. The summed E-state index contributed by atoms with van der Waals surface area (Å²) in [4.78, 5) is 11.9. The number of rotatable bonds is 8. The van der Waals surface area contributed by atoms with Gasteiger partial charge in [0.25, 0.3) is 0 Å². The first-order valence-electron chi connectivity index (χ1n) is 6.85. The SMILES string of the molecule is CCNCc1cccn1CC(=O)NC(CC)CC. The molecule has 102 valence electrons. The monoisotopic (exact) mass is 251 g/mol. The largest absolute Gasteiger partial charge is 0.352 e. The minimum Gasteiger partial charge on any atom is -0.352 e. The Morgan fingerprint density at radius 3 is 2.67 bits per heavy atom. The Morgan fingerprint density at radius 1 is 1.33 bits per heavy atom. The molecule has 1 heterocycles. The summed E-state index contributed by atoms with van der Waals surface area (Å²) < 4.78 is 2.00. The third-order valence-corrected chi connectivity index (χ3v) is 3.14. The molecule has 4 heteroatoms. The van der Waals surface area contributed by atoms with Crippen LogP contribution in [0.2, 0.25) is 0 Å². The lowest BCUT2D eigenvalue weighted by atomic mass is 10.2. The molecule has 0 atom stereocenters. The van der Waals surface area contributed by atoms with Crippen LogP contribution in [-0.2, 0) is 17.9 Å². The Balaban J connectivity index is 2.51. The number of nitrogens with one attached hydrogen (secondary N) is 2. The first-order valence-corrected chi connectivity index (χ1v) is 6.85. The smallest absolute Gasteiger partial charge is 0.240 e. The lowest BCUT2D eigenvalue weighted by Gasteiger charge is -2.16. The summed E-state index contributed by atoms with van der Waals surface area (Å²) in [6, 6.07) is 4.33. The van der Waals surface area contributed by atoms with Crippen molar-refractivity contribution >= 4 is 5.91 Å². The number of carbonyl (C=O) groups is 1.